The molecule has 0 aromatic heterocycles. The second-order valence-corrected chi connectivity index (χ2v) is 3.83. The predicted octanol–water partition coefficient (Wildman–Crippen LogP) is 2.80. The molecule has 1 N–H and O–H groups in total. The molecule has 1 aromatic carbocycles. The van der Waals surface area contributed by atoms with Gasteiger partial charge in [0, 0.05) is 12.0 Å². The van der Waals surface area contributed by atoms with Crippen LogP contribution in [-0.4, -0.2) is 20.2 Å². The van der Waals surface area contributed by atoms with Gasteiger partial charge in [0.25, 0.3) is 0 Å². The van der Waals surface area contributed by atoms with E-state index in [1.807, 2.05) is 19.2 Å². The van der Waals surface area contributed by atoms with Crippen LogP contribution in [0.2, 0.25) is 0 Å². The van der Waals surface area contributed by atoms with Gasteiger partial charge >= 0.3 is 0 Å². The molecule has 0 radical (unpaired) electrons. The lowest BCUT2D eigenvalue weighted by Crippen LogP contribution is -2.30. The van der Waals surface area contributed by atoms with Gasteiger partial charge < -0.3 is 10.1 Å². The van der Waals surface area contributed by atoms with Crippen LogP contribution in [0.25, 0.3) is 0 Å². The summed E-state index contributed by atoms with van der Waals surface area (Å²) in [5.74, 6) is 1.45. The summed E-state index contributed by atoms with van der Waals surface area (Å²) in [6, 6.07) is 8.74. The Hall–Kier alpha value is -1.02. The van der Waals surface area contributed by atoms with Gasteiger partial charge in [-0.3, -0.25) is 0 Å². The summed E-state index contributed by atoms with van der Waals surface area (Å²) < 4.78 is 5.38. The third-order valence-corrected chi connectivity index (χ3v) is 3.04. The van der Waals surface area contributed by atoms with Gasteiger partial charge in [0.15, 0.2) is 0 Å². The van der Waals surface area contributed by atoms with E-state index >= 15 is 0 Å². The van der Waals surface area contributed by atoms with Crippen molar-refractivity contribution >= 4 is 0 Å². The Labute approximate surface area is 92.6 Å². The van der Waals surface area contributed by atoms with Gasteiger partial charge in [0.2, 0.25) is 0 Å². The van der Waals surface area contributed by atoms with E-state index < -0.39 is 0 Å². The molecule has 1 aromatic rings. The minimum atomic E-state index is 0.469. The van der Waals surface area contributed by atoms with Crippen LogP contribution in [0.15, 0.2) is 24.3 Å². The number of likely N-dealkylation sites (N-methyl/N-ethyl adjacent to an activating group) is 1. The molecule has 0 aliphatic carbocycles. The fourth-order valence-corrected chi connectivity index (χ4v) is 2.07. The highest BCUT2D eigenvalue weighted by molar-refractivity contribution is 5.36. The maximum atomic E-state index is 5.38. The molecule has 0 bridgehead atoms. The lowest BCUT2D eigenvalue weighted by molar-refractivity contribution is 0.394. The third kappa shape index (κ3) is 2.72. The Balaban J connectivity index is 2.93. The minimum absolute atomic E-state index is 0.469. The van der Waals surface area contributed by atoms with Crippen molar-refractivity contribution in [1.29, 1.82) is 0 Å². The molecule has 0 aliphatic rings. The molecule has 0 saturated carbocycles. The number of rotatable bonds is 5. The van der Waals surface area contributed by atoms with E-state index in [2.05, 4.69) is 31.3 Å². The fraction of sp³-hybridized carbons (Fsp3) is 0.538. The van der Waals surface area contributed by atoms with Crippen molar-refractivity contribution in [3.8, 4) is 5.75 Å². The summed E-state index contributed by atoms with van der Waals surface area (Å²) in [6.07, 6.45) is 1.12. The third-order valence-electron chi connectivity index (χ3n) is 3.04. The molecular formula is C13H21NO. The van der Waals surface area contributed by atoms with Crippen LogP contribution in [-0.2, 0) is 0 Å². The first-order valence-electron chi connectivity index (χ1n) is 5.54. The zero-order valence-corrected chi connectivity index (χ0v) is 10.1. The lowest BCUT2D eigenvalue weighted by atomic mass is 9.91. The maximum Gasteiger partial charge on any atom is 0.122 e. The number of ether oxygens (including phenoxy) is 1. The van der Waals surface area contributed by atoms with E-state index in [0.717, 1.165) is 12.2 Å². The summed E-state index contributed by atoms with van der Waals surface area (Å²) in [5, 5.41) is 3.35. The van der Waals surface area contributed by atoms with Crippen molar-refractivity contribution in [3.63, 3.8) is 0 Å². The first-order chi connectivity index (χ1) is 7.24. The first kappa shape index (κ1) is 12.1. The first-order valence-corrected chi connectivity index (χ1v) is 5.54. The van der Waals surface area contributed by atoms with Gasteiger partial charge in [-0.15, -0.1) is 0 Å². The predicted molar refractivity (Wildman–Crippen MR) is 64.5 cm³/mol. The van der Waals surface area contributed by atoms with E-state index in [4.69, 9.17) is 4.74 Å². The smallest absolute Gasteiger partial charge is 0.122 e. The molecule has 1 rings (SSSR count). The van der Waals surface area contributed by atoms with Crippen LogP contribution in [0.1, 0.15) is 31.7 Å². The molecule has 84 valence electrons. The summed E-state index contributed by atoms with van der Waals surface area (Å²) in [5.41, 5.74) is 1.28. The average Bonchev–Trinajstić information content (AvgIpc) is 2.30. The van der Waals surface area contributed by atoms with Gasteiger partial charge in [0.1, 0.15) is 5.75 Å². The summed E-state index contributed by atoms with van der Waals surface area (Å²) in [7, 11) is 3.74. The molecule has 0 fully saturated rings. The molecule has 15 heavy (non-hydrogen) atoms. The second kappa shape index (κ2) is 5.76. The summed E-state index contributed by atoms with van der Waals surface area (Å²) in [4.78, 5) is 0. The molecule has 0 spiro atoms. The number of nitrogens with one attached hydrogen (secondary N) is 1. The highest BCUT2D eigenvalue weighted by Crippen LogP contribution is 2.29. The number of methoxy groups -OCH3 is 1. The molecule has 2 heteroatoms. The van der Waals surface area contributed by atoms with Crippen LogP contribution in [0, 0.1) is 0 Å². The normalized spacial score (nSPS) is 14.7. The Morgan fingerprint density at radius 3 is 2.53 bits per heavy atom. The molecule has 0 heterocycles. The van der Waals surface area contributed by atoms with Crippen LogP contribution in [0.5, 0.6) is 5.75 Å². The lowest BCUT2D eigenvalue weighted by Gasteiger charge is -2.24. The number of para-hydroxylation sites is 1. The topological polar surface area (TPSA) is 21.3 Å². The maximum absolute atomic E-state index is 5.38. The molecule has 2 unspecified atom stereocenters. The highest BCUT2D eigenvalue weighted by Gasteiger charge is 2.18. The van der Waals surface area contributed by atoms with E-state index in [1.54, 1.807) is 7.11 Å². The summed E-state index contributed by atoms with van der Waals surface area (Å²) >= 11 is 0. The van der Waals surface area contributed by atoms with Crippen molar-refractivity contribution in [1.82, 2.24) is 5.32 Å². The van der Waals surface area contributed by atoms with E-state index in [0.29, 0.717) is 12.0 Å². The monoisotopic (exact) mass is 207 g/mol. The van der Waals surface area contributed by atoms with Gasteiger partial charge in [-0.1, -0.05) is 32.0 Å². The zero-order valence-electron chi connectivity index (χ0n) is 10.1. The average molecular weight is 207 g/mol. The zero-order chi connectivity index (χ0) is 11.3. The minimum Gasteiger partial charge on any atom is -0.496 e. The Morgan fingerprint density at radius 1 is 1.33 bits per heavy atom. The van der Waals surface area contributed by atoms with Crippen LogP contribution >= 0.6 is 0 Å². The van der Waals surface area contributed by atoms with Gasteiger partial charge in [0.05, 0.1) is 7.11 Å². The quantitative estimate of drug-likeness (QED) is 0.801. The largest absolute Gasteiger partial charge is 0.496 e. The van der Waals surface area contributed by atoms with Crippen molar-refractivity contribution in [2.45, 2.75) is 32.2 Å². The van der Waals surface area contributed by atoms with Gasteiger partial charge in [-0.2, -0.15) is 0 Å². The Kier molecular flexibility index (Phi) is 4.63. The van der Waals surface area contributed by atoms with E-state index in [1.165, 1.54) is 5.56 Å². The van der Waals surface area contributed by atoms with Gasteiger partial charge in [-0.05, 0) is 25.1 Å². The molecule has 0 aliphatic heterocycles. The van der Waals surface area contributed by atoms with Crippen LogP contribution in [0.4, 0.5) is 0 Å². The SMILES string of the molecule is CCC(NC)C(C)c1ccccc1OC. The van der Waals surface area contributed by atoms with Crippen molar-refractivity contribution in [2.24, 2.45) is 0 Å². The van der Waals surface area contributed by atoms with Crippen molar-refractivity contribution < 1.29 is 4.74 Å². The van der Waals surface area contributed by atoms with E-state index in [-0.39, 0.29) is 0 Å². The standard InChI is InChI=1S/C13H21NO/c1-5-12(14-3)10(2)11-8-6-7-9-13(11)15-4/h6-10,12,14H,5H2,1-4H3. The summed E-state index contributed by atoms with van der Waals surface area (Å²) in [6.45, 7) is 4.44. The number of hydrogen-bond acceptors (Lipinski definition) is 2. The highest BCUT2D eigenvalue weighted by atomic mass is 16.5. The Morgan fingerprint density at radius 2 is 2.00 bits per heavy atom. The number of benzene rings is 1. The molecule has 2 atom stereocenters. The second-order valence-electron chi connectivity index (χ2n) is 3.83. The fourth-order valence-electron chi connectivity index (χ4n) is 2.07. The van der Waals surface area contributed by atoms with E-state index in [9.17, 15) is 0 Å². The molecular weight excluding hydrogens is 186 g/mol. The van der Waals surface area contributed by atoms with Crippen LogP contribution in [0.3, 0.4) is 0 Å². The van der Waals surface area contributed by atoms with Crippen molar-refractivity contribution in [2.75, 3.05) is 14.2 Å². The van der Waals surface area contributed by atoms with Gasteiger partial charge in [-0.25, -0.2) is 0 Å². The molecule has 0 amide bonds. The molecule has 2 nitrogen and oxygen atoms in total. The van der Waals surface area contributed by atoms with Crippen LogP contribution < -0.4 is 10.1 Å². The molecule has 0 saturated heterocycles. The van der Waals surface area contributed by atoms with Crippen molar-refractivity contribution in [3.05, 3.63) is 29.8 Å². The number of hydrogen-bond donors (Lipinski definition) is 1. The Bertz CT molecular complexity index is 294.